The summed E-state index contributed by atoms with van der Waals surface area (Å²) in [6, 6.07) is 13.7. The van der Waals surface area contributed by atoms with Crippen molar-refractivity contribution in [1.82, 2.24) is 0 Å². The first-order valence-corrected chi connectivity index (χ1v) is 17.4. The maximum Gasteiger partial charge on any atom is 0.372 e. The highest BCUT2D eigenvalue weighted by molar-refractivity contribution is 7.46. The molecular formula is C32H46NO5PS. The minimum atomic E-state index is -4.62. The molecule has 0 aliphatic heterocycles. The Morgan fingerprint density at radius 1 is 0.750 bits per heavy atom. The topological polar surface area (TPSA) is 71.7 Å². The molecule has 3 aromatic rings. The summed E-state index contributed by atoms with van der Waals surface area (Å²) < 4.78 is 30.9. The quantitative estimate of drug-likeness (QED) is 0.0667. The van der Waals surface area contributed by atoms with Gasteiger partial charge in [0.05, 0.1) is 12.0 Å². The number of phosphoric ester groups is 1. The molecule has 40 heavy (non-hydrogen) atoms. The number of unbranched alkanes of at least 4 members (excludes halogenated alkanes) is 13. The van der Waals surface area contributed by atoms with E-state index in [0.29, 0.717) is 18.9 Å². The summed E-state index contributed by atoms with van der Waals surface area (Å²) in [6.07, 6.45) is 20.4. The van der Waals surface area contributed by atoms with Crippen LogP contribution in [0.2, 0.25) is 0 Å². The van der Waals surface area contributed by atoms with Crippen molar-refractivity contribution in [1.29, 1.82) is 0 Å². The number of hydrogen-bond acceptors (Lipinski definition) is 6. The first-order chi connectivity index (χ1) is 19.5. The van der Waals surface area contributed by atoms with Crippen LogP contribution < -0.4 is 23.2 Å². The van der Waals surface area contributed by atoms with Gasteiger partial charge in [-0.05, 0) is 30.7 Å². The number of phosphoric acid groups is 1. The Balaban J connectivity index is 1.27. The van der Waals surface area contributed by atoms with Gasteiger partial charge in [0, 0.05) is 11.6 Å². The lowest BCUT2D eigenvalue weighted by Crippen LogP contribution is -2.30. The normalized spacial score (nSPS) is 12.7. The van der Waals surface area contributed by atoms with Crippen molar-refractivity contribution >= 4 is 19.2 Å². The Labute approximate surface area is 245 Å². The maximum absolute atomic E-state index is 12.6. The van der Waals surface area contributed by atoms with Gasteiger partial charge in [-0.25, -0.2) is 4.57 Å². The largest absolute Gasteiger partial charge is 0.736 e. The predicted octanol–water partition coefficient (Wildman–Crippen LogP) is 8.87. The van der Waals surface area contributed by atoms with E-state index in [-0.39, 0.29) is 11.5 Å². The molecule has 0 fully saturated rings. The fraction of sp³-hybridized carbons (Fsp3) is 0.531. The van der Waals surface area contributed by atoms with E-state index in [9.17, 15) is 9.46 Å². The monoisotopic (exact) mass is 587 g/mol. The van der Waals surface area contributed by atoms with Crippen LogP contribution in [0.25, 0.3) is 0 Å². The second-order valence-corrected chi connectivity index (χ2v) is 12.4. The van der Waals surface area contributed by atoms with Crippen LogP contribution >= 0.6 is 19.2 Å². The Kier molecular flexibility index (Phi) is 15.2. The average molecular weight is 588 g/mol. The Hall–Kier alpha value is -2.34. The number of aromatic nitrogens is 1. The van der Waals surface area contributed by atoms with E-state index in [2.05, 4.69) is 6.92 Å². The molecular weight excluding hydrogens is 541 g/mol. The summed E-state index contributed by atoms with van der Waals surface area (Å²) in [7, 11) is -4.62. The molecule has 1 atom stereocenters. The molecule has 220 valence electrons. The molecule has 0 saturated carbocycles. The molecule has 2 aromatic carbocycles. The molecule has 6 nitrogen and oxygen atoms in total. The summed E-state index contributed by atoms with van der Waals surface area (Å²) in [5.41, 5.74) is 2.92. The van der Waals surface area contributed by atoms with Crippen LogP contribution in [0.4, 0.5) is 0 Å². The fourth-order valence-corrected chi connectivity index (χ4v) is 6.03. The zero-order chi connectivity index (χ0) is 28.3. The van der Waals surface area contributed by atoms with Gasteiger partial charge in [0.15, 0.2) is 12.7 Å². The van der Waals surface area contributed by atoms with E-state index < -0.39 is 7.82 Å². The maximum atomic E-state index is 12.6. The first-order valence-electron chi connectivity index (χ1n) is 15.0. The van der Waals surface area contributed by atoms with Gasteiger partial charge < -0.3 is 18.7 Å². The first kappa shape index (κ1) is 32.2. The van der Waals surface area contributed by atoms with Crippen LogP contribution in [-0.2, 0) is 11.1 Å². The third-order valence-electron chi connectivity index (χ3n) is 6.80. The highest BCUT2D eigenvalue weighted by Gasteiger charge is 2.15. The van der Waals surface area contributed by atoms with Crippen molar-refractivity contribution in [2.45, 2.75) is 103 Å². The average Bonchev–Trinajstić information content (AvgIpc) is 3.44. The number of hydrogen-bond donors (Lipinski definition) is 0. The molecule has 0 saturated heterocycles. The number of benzene rings is 2. The van der Waals surface area contributed by atoms with Crippen LogP contribution in [0.3, 0.4) is 0 Å². The summed E-state index contributed by atoms with van der Waals surface area (Å²) in [5, 5.41) is 1.98. The van der Waals surface area contributed by atoms with Gasteiger partial charge in [-0.15, -0.1) is 0 Å². The summed E-state index contributed by atoms with van der Waals surface area (Å²) in [6.45, 7) is 3.50. The molecule has 1 aromatic heterocycles. The SMILES string of the molecule is CCCCCCCCCCCCCCCCOc1cccc(OP(=O)([O-])Oc2cccc(C[n+]3ccsc3)c2)c1. The summed E-state index contributed by atoms with van der Waals surface area (Å²) >= 11 is 1.60. The zero-order valence-electron chi connectivity index (χ0n) is 24.0. The molecule has 1 heterocycles. The summed E-state index contributed by atoms with van der Waals surface area (Å²) in [5.74, 6) is 0.973. The third-order valence-corrected chi connectivity index (χ3v) is 8.34. The van der Waals surface area contributed by atoms with Crippen molar-refractivity contribution in [3.63, 3.8) is 0 Å². The molecule has 0 N–H and O–H groups in total. The van der Waals surface area contributed by atoms with Crippen molar-refractivity contribution < 1.29 is 27.8 Å². The molecule has 0 bridgehead atoms. The van der Waals surface area contributed by atoms with Crippen LogP contribution in [0.15, 0.2) is 65.6 Å². The van der Waals surface area contributed by atoms with Crippen LogP contribution in [-0.4, -0.2) is 6.61 Å². The molecule has 1 unspecified atom stereocenters. The van der Waals surface area contributed by atoms with E-state index in [1.165, 1.54) is 77.0 Å². The molecule has 0 radical (unpaired) electrons. The molecule has 0 amide bonds. The number of ether oxygens (including phenoxy) is 1. The molecule has 0 aliphatic carbocycles. The van der Waals surface area contributed by atoms with Crippen molar-refractivity contribution in [2.75, 3.05) is 6.61 Å². The minimum absolute atomic E-state index is 0.168. The number of nitrogens with zero attached hydrogens (tertiary/aromatic N) is 1. The van der Waals surface area contributed by atoms with Gasteiger partial charge in [0.25, 0.3) is 0 Å². The lowest BCUT2D eigenvalue weighted by Gasteiger charge is -2.24. The molecule has 0 spiro atoms. The standard InChI is InChI=1S/C32H46NO5PS/c1-2-3-4-5-6-7-8-9-10-11-12-13-14-15-23-36-30-19-17-21-32(26-30)38-39(34,35)37-31-20-16-18-29(25-31)27-33-22-24-40-28-33/h16-22,24-26,28H,2-15,23,27H2,1H3. The second kappa shape index (κ2) is 18.9. The number of thiazole rings is 1. The van der Waals surface area contributed by atoms with Crippen LogP contribution in [0.1, 0.15) is 102 Å². The minimum Gasteiger partial charge on any atom is -0.736 e. The van der Waals surface area contributed by atoms with Crippen molar-refractivity contribution in [2.24, 2.45) is 0 Å². The van der Waals surface area contributed by atoms with Gasteiger partial charge in [0.2, 0.25) is 5.51 Å². The predicted molar refractivity (Wildman–Crippen MR) is 161 cm³/mol. The van der Waals surface area contributed by atoms with E-state index in [4.69, 9.17) is 13.8 Å². The molecule has 0 aliphatic rings. The fourth-order valence-electron chi connectivity index (χ4n) is 4.65. The lowest BCUT2D eigenvalue weighted by molar-refractivity contribution is -0.683. The van der Waals surface area contributed by atoms with Crippen LogP contribution in [0, 0.1) is 0 Å². The highest BCUT2D eigenvalue weighted by atomic mass is 32.1. The van der Waals surface area contributed by atoms with Crippen molar-refractivity contribution in [3.8, 4) is 17.2 Å². The van der Waals surface area contributed by atoms with Gasteiger partial charge in [-0.1, -0.05) is 120 Å². The Morgan fingerprint density at radius 2 is 1.30 bits per heavy atom. The zero-order valence-corrected chi connectivity index (χ0v) is 25.7. The van der Waals surface area contributed by atoms with Crippen LogP contribution in [0.5, 0.6) is 17.2 Å². The van der Waals surface area contributed by atoms with Gasteiger partial charge in [0.1, 0.15) is 17.2 Å². The van der Waals surface area contributed by atoms with Gasteiger partial charge >= 0.3 is 7.82 Å². The van der Waals surface area contributed by atoms with E-state index >= 15 is 0 Å². The van der Waals surface area contributed by atoms with Gasteiger partial charge in [-0.3, -0.25) is 0 Å². The highest BCUT2D eigenvalue weighted by Crippen LogP contribution is 2.41. The Morgan fingerprint density at radius 3 is 1.90 bits per heavy atom. The number of rotatable bonds is 22. The molecule has 8 heteroatoms. The van der Waals surface area contributed by atoms with E-state index in [1.807, 2.05) is 27.7 Å². The lowest BCUT2D eigenvalue weighted by atomic mass is 10.0. The van der Waals surface area contributed by atoms with E-state index in [1.54, 1.807) is 53.8 Å². The smallest absolute Gasteiger partial charge is 0.372 e. The second-order valence-electron chi connectivity index (χ2n) is 10.4. The summed E-state index contributed by atoms with van der Waals surface area (Å²) in [4.78, 5) is 12.6. The van der Waals surface area contributed by atoms with E-state index in [0.717, 1.165) is 18.4 Å². The third kappa shape index (κ3) is 13.8. The van der Waals surface area contributed by atoms with Gasteiger partial charge in [-0.2, -0.15) is 4.57 Å². The Bertz CT molecular complexity index is 1120. The van der Waals surface area contributed by atoms with Crippen molar-refractivity contribution in [3.05, 3.63) is 71.2 Å². The molecule has 3 rings (SSSR count).